The van der Waals surface area contributed by atoms with Gasteiger partial charge < -0.3 is 15.5 Å². The topological polar surface area (TPSA) is 69.6 Å². The highest BCUT2D eigenvalue weighted by Crippen LogP contribution is 2.31. The zero-order chi connectivity index (χ0) is 15.1. The summed E-state index contributed by atoms with van der Waals surface area (Å²) in [5, 5.41) is 21.4. The molecular formula is C17H25NO3. The van der Waals surface area contributed by atoms with Gasteiger partial charge in [-0.1, -0.05) is 30.3 Å². The molecule has 4 nitrogen and oxygen atoms in total. The molecule has 1 aromatic carbocycles. The molecule has 1 aliphatic rings. The van der Waals surface area contributed by atoms with Crippen LogP contribution in [0.3, 0.4) is 0 Å². The number of nitrogens with one attached hydrogen (secondary N) is 1. The van der Waals surface area contributed by atoms with Gasteiger partial charge in [0.15, 0.2) is 0 Å². The minimum Gasteiger partial charge on any atom is -0.465 e. The first-order valence-electron chi connectivity index (χ1n) is 7.84. The molecule has 1 aromatic rings. The van der Waals surface area contributed by atoms with Crippen LogP contribution in [0.5, 0.6) is 0 Å². The summed E-state index contributed by atoms with van der Waals surface area (Å²) in [6.45, 7) is 0.544. The van der Waals surface area contributed by atoms with Crippen LogP contribution < -0.4 is 5.32 Å². The average Bonchev–Trinajstić information content (AvgIpc) is 2.52. The Kier molecular flexibility index (Phi) is 6.05. The second-order valence-electron chi connectivity index (χ2n) is 6.06. The van der Waals surface area contributed by atoms with Crippen molar-refractivity contribution in [2.75, 3.05) is 6.54 Å². The third-order valence-corrected chi connectivity index (χ3v) is 4.55. The molecule has 0 saturated heterocycles. The molecule has 1 fully saturated rings. The fourth-order valence-electron chi connectivity index (χ4n) is 3.20. The minimum atomic E-state index is -0.944. The molecule has 1 aliphatic carbocycles. The van der Waals surface area contributed by atoms with Crippen LogP contribution in [-0.2, 0) is 6.42 Å². The van der Waals surface area contributed by atoms with E-state index in [1.807, 2.05) is 18.2 Å². The molecule has 0 spiro atoms. The van der Waals surface area contributed by atoms with Crippen molar-refractivity contribution in [1.82, 2.24) is 5.32 Å². The smallest absolute Gasteiger partial charge is 0.404 e. The van der Waals surface area contributed by atoms with Gasteiger partial charge in [-0.25, -0.2) is 4.79 Å². The van der Waals surface area contributed by atoms with Gasteiger partial charge in [0, 0.05) is 6.54 Å². The third kappa shape index (κ3) is 5.38. The van der Waals surface area contributed by atoms with Gasteiger partial charge in [0.25, 0.3) is 0 Å². The van der Waals surface area contributed by atoms with Gasteiger partial charge in [0.2, 0.25) is 0 Å². The second kappa shape index (κ2) is 8.03. The van der Waals surface area contributed by atoms with E-state index < -0.39 is 6.09 Å². The number of hydrogen-bond acceptors (Lipinski definition) is 2. The lowest BCUT2D eigenvalue weighted by molar-refractivity contribution is 0.0669. The first kappa shape index (κ1) is 15.8. The molecule has 0 bridgehead atoms. The molecule has 4 heteroatoms. The van der Waals surface area contributed by atoms with Gasteiger partial charge >= 0.3 is 6.09 Å². The highest BCUT2D eigenvalue weighted by Gasteiger charge is 2.26. The van der Waals surface area contributed by atoms with Crippen molar-refractivity contribution in [2.24, 2.45) is 11.8 Å². The highest BCUT2D eigenvalue weighted by molar-refractivity contribution is 5.64. The van der Waals surface area contributed by atoms with Gasteiger partial charge in [-0.3, -0.25) is 0 Å². The fourth-order valence-corrected chi connectivity index (χ4v) is 3.20. The lowest BCUT2D eigenvalue weighted by Crippen LogP contribution is -2.32. The van der Waals surface area contributed by atoms with Crippen LogP contribution in [-0.4, -0.2) is 29.0 Å². The lowest BCUT2D eigenvalue weighted by Gasteiger charge is -2.31. The van der Waals surface area contributed by atoms with Gasteiger partial charge in [-0.2, -0.15) is 0 Å². The van der Waals surface area contributed by atoms with Crippen LogP contribution >= 0.6 is 0 Å². The molecule has 0 aliphatic heterocycles. The number of hydrogen-bond donors (Lipinski definition) is 3. The molecule has 1 unspecified atom stereocenters. The minimum absolute atomic E-state index is 0.237. The van der Waals surface area contributed by atoms with Crippen LogP contribution in [0.2, 0.25) is 0 Å². The Hall–Kier alpha value is -1.55. The SMILES string of the molecule is O=C(O)NCC1CCC(C(O)CCc2ccccc2)CC1. The second-order valence-corrected chi connectivity index (χ2v) is 6.06. The van der Waals surface area contributed by atoms with Gasteiger partial charge in [-0.15, -0.1) is 0 Å². The molecule has 21 heavy (non-hydrogen) atoms. The first-order valence-corrected chi connectivity index (χ1v) is 7.84. The molecule has 1 amide bonds. The third-order valence-electron chi connectivity index (χ3n) is 4.55. The van der Waals surface area contributed by atoms with E-state index in [0.717, 1.165) is 38.5 Å². The number of aliphatic hydroxyl groups is 1. The van der Waals surface area contributed by atoms with Crippen LogP contribution in [0.25, 0.3) is 0 Å². The molecule has 3 N–H and O–H groups in total. The number of carboxylic acid groups (broad SMARTS) is 1. The Morgan fingerprint density at radius 3 is 2.48 bits per heavy atom. The number of aryl methyl sites for hydroxylation is 1. The molecule has 0 radical (unpaired) electrons. The normalized spacial score (nSPS) is 23.5. The number of carbonyl (C=O) groups is 1. The van der Waals surface area contributed by atoms with Gasteiger partial charge in [0.1, 0.15) is 0 Å². The molecular weight excluding hydrogens is 266 g/mol. The average molecular weight is 291 g/mol. The first-order chi connectivity index (χ1) is 10.1. The number of aliphatic hydroxyl groups excluding tert-OH is 1. The highest BCUT2D eigenvalue weighted by atomic mass is 16.4. The Bertz CT molecular complexity index is 427. The van der Waals surface area contributed by atoms with Crippen molar-refractivity contribution in [3.05, 3.63) is 35.9 Å². The predicted octanol–water partition coefficient (Wildman–Crippen LogP) is 3.05. The van der Waals surface area contributed by atoms with E-state index in [9.17, 15) is 9.90 Å². The van der Waals surface area contributed by atoms with Gasteiger partial charge in [0.05, 0.1) is 6.10 Å². The van der Waals surface area contributed by atoms with Crippen LogP contribution in [0, 0.1) is 11.8 Å². The lowest BCUT2D eigenvalue weighted by atomic mass is 9.78. The summed E-state index contributed by atoms with van der Waals surface area (Å²) in [4.78, 5) is 10.5. The van der Waals surface area contributed by atoms with Crippen molar-refractivity contribution >= 4 is 6.09 Å². The van der Waals surface area contributed by atoms with Crippen LogP contribution in [0.1, 0.15) is 37.7 Å². The van der Waals surface area contributed by atoms with E-state index in [2.05, 4.69) is 17.4 Å². The Morgan fingerprint density at radius 1 is 1.19 bits per heavy atom. The van der Waals surface area contributed by atoms with Crippen LogP contribution in [0.4, 0.5) is 4.79 Å². The van der Waals surface area contributed by atoms with E-state index in [0.29, 0.717) is 18.4 Å². The van der Waals surface area contributed by atoms with Crippen molar-refractivity contribution in [2.45, 2.75) is 44.6 Å². The summed E-state index contributed by atoms with van der Waals surface area (Å²) in [5.74, 6) is 0.800. The summed E-state index contributed by atoms with van der Waals surface area (Å²) < 4.78 is 0. The standard InChI is InChI=1S/C17H25NO3/c19-16(11-8-13-4-2-1-3-5-13)15-9-6-14(7-10-15)12-18-17(20)21/h1-5,14-16,18-19H,6-12H2,(H,20,21). The predicted molar refractivity (Wildman–Crippen MR) is 82.2 cm³/mol. The molecule has 116 valence electrons. The monoisotopic (exact) mass is 291 g/mol. The van der Waals surface area contributed by atoms with E-state index in [1.54, 1.807) is 0 Å². The summed E-state index contributed by atoms with van der Waals surface area (Å²) in [6.07, 6.45) is 4.57. The van der Waals surface area contributed by atoms with E-state index in [4.69, 9.17) is 5.11 Å². The van der Waals surface area contributed by atoms with Gasteiger partial charge in [-0.05, 0) is 55.9 Å². The van der Waals surface area contributed by atoms with Crippen LogP contribution in [0.15, 0.2) is 30.3 Å². The summed E-state index contributed by atoms with van der Waals surface area (Å²) in [7, 11) is 0. The molecule has 0 heterocycles. The van der Waals surface area contributed by atoms with Crippen molar-refractivity contribution < 1.29 is 15.0 Å². The Morgan fingerprint density at radius 2 is 1.86 bits per heavy atom. The Labute approximate surface area is 126 Å². The molecule has 1 atom stereocenters. The van der Waals surface area contributed by atoms with E-state index in [-0.39, 0.29) is 6.10 Å². The maximum atomic E-state index is 10.5. The molecule has 2 rings (SSSR count). The fraction of sp³-hybridized carbons (Fsp3) is 0.588. The zero-order valence-electron chi connectivity index (χ0n) is 12.4. The summed E-state index contributed by atoms with van der Waals surface area (Å²) >= 11 is 0. The number of benzene rings is 1. The van der Waals surface area contributed by atoms with Crippen molar-refractivity contribution in [3.8, 4) is 0 Å². The maximum Gasteiger partial charge on any atom is 0.404 e. The zero-order valence-corrected chi connectivity index (χ0v) is 12.4. The van der Waals surface area contributed by atoms with E-state index >= 15 is 0 Å². The Balaban J connectivity index is 1.68. The van der Waals surface area contributed by atoms with E-state index in [1.165, 1.54) is 5.56 Å². The summed E-state index contributed by atoms with van der Waals surface area (Å²) in [5.41, 5.74) is 1.27. The quantitative estimate of drug-likeness (QED) is 0.754. The number of rotatable bonds is 6. The summed E-state index contributed by atoms with van der Waals surface area (Å²) in [6, 6.07) is 10.3. The van der Waals surface area contributed by atoms with Crippen molar-refractivity contribution in [1.29, 1.82) is 0 Å². The molecule has 1 saturated carbocycles. The largest absolute Gasteiger partial charge is 0.465 e. The maximum absolute atomic E-state index is 10.5. The van der Waals surface area contributed by atoms with Crippen molar-refractivity contribution in [3.63, 3.8) is 0 Å². The molecule has 0 aromatic heterocycles. The number of amides is 1.